The summed E-state index contributed by atoms with van der Waals surface area (Å²) in [6.45, 7) is 5.70. The van der Waals surface area contributed by atoms with Gasteiger partial charge >= 0.3 is 0 Å². The van der Waals surface area contributed by atoms with E-state index >= 15 is 0 Å². The Labute approximate surface area is 179 Å². The van der Waals surface area contributed by atoms with Gasteiger partial charge in [-0.05, 0) is 56.5 Å². The summed E-state index contributed by atoms with van der Waals surface area (Å²) in [4.78, 5) is 28.5. The smallest absolute Gasteiger partial charge is 0.255 e. The molecular weight excluding hydrogens is 394 g/mol. The maximum absolute atomic E-state index is 13.3. The van der Waals surface area contributed by atoms with Gasteiger partial charge < -0.3 is 9.72 Å². The predicted octanol–water partition coefficient (Wildman–Crippen LogP) is 3.17. The van der Waals surface area contributed by atoms with E-state index in [9.17, 15) is 9.59 Å². The first kappa shape index (κ1) is 20.6. The monoisotopic (exact) mass is 419 g/mol. The third-order valence-electron chi connectivity index (χ3n) is 5.52. The van der Waals surface area contributed by atoms with Crippen LogP contribution in [0.3, 0.4) is 0 Å². The third kappa shape index (κ3) is 3.54. The summed E-state index contributed by atoms with van der Waals surface area (Å²) in [5.41, 5.74) is 5.74. The average molecular weight is 419 g/mol. The fourth-order valence-corrected chi connectivity index (χ4v) is 4.15. The van der Waals surface area contributed by atoms with Crippen molar-refractivity contribution < 1.29 is 9.53 Å². The molecule has 8 heteroatoms. The van der Waals surface area contributed by atoms with Gasteiger partial charge in [-0.15, -0.1) is 0 Å². The van der Waals surface area contributed by atoms with Crippen LogP contribution in [-0.4, -0.2) is 37.3 Å². The minimum atomic E-state index is -0.227. The number of methoxy groups -OCH3 is 1. The number of carbonyl (C=O) groups excluding carboxylic acids is 1. The summed E-state index contributed by atoms with van der Waals surface area (Å²) in [5.74, 6) is 0.448. The highest BCUT2D eigenvalue weighted by Gasteiger charge is 2.25. The molecule has 0 atom stereocenters. The van der Waals surface area contributed by atoms with Crippen molar-refractivity contribution in [1.82, 2.24) is 24.4 Å². The van der Waals surface area contributed by atoms with Crippen LogP contribution in [0.2, 0.25) is 0 Å². The van der Waals surface area contributed by atoms with Gasteiger partial charge in [-0.25, -0.2) is 4.52 Å². The van der Waals surface area contributed by atoms with E-state index in [4.69, 9.17) is 4.74 Å². The Morgan fingerprint density at radius 1 is 1.26 bits per heavy atom. The van der Waals surface area contributed by atoms with Gasteiger partial charge in [-0.3, -0.25) is 14.3 Å². The molecule has 4 heterocycles. The van der Waals surface area contributed by atoms with E-state index in [-0.39, 0.29) is 24.2 Å². The molecule has 0 saturated carbocycles. The number of ether oxygens (including phenoxy) is 1. The third-order valence-corrected chi connectivity index (χ3v) is 5.52. The molecule has 0 aliphatic rings. The zero-order valence-electron chi connectivity index (χ0n) is 18.3. The van der Waals surface area contributed by atoms with Gasteiger partial charge in [0.1, 0.15) is 11.4 Å². The van der Waals surface area contributed by atoms with E-state index in [1.807, 2.05) is 39.2 Å². The van der Waals surface area contributed by atoms with Crippen LogP contribution in [0, 0.1) is 20.8 Å². The maximum Gasteiger partial charge on any atom is 0.255 e. The van der Waals surface area contributed by atoms with Gasteiger partial charge in [-0.2, -0.15) is 10.2 Å². The molecule has 4 aromatic rings. The van der Waals surface area contributed by atoms with Crippen molar-refractivity contribution in [2.45, 2.75) is 33.6 Å². The SMILES string of the molecule is COc1cc(C)[nH]c(=O)c1CCC(=O)c1c(C)c(-c2nn(C)cc2C)n2ncccc12. The first-order valence-corrected chi connectivity index (χ1v) is 10.1. The fraction of sp³-hybridized carbons (Fsp3) is 0.304. The maximum atomic E-state index is 13.3. The Morgan fingerprint density at radius 2 is 2.03 bits per heavy atom. The van der Waals surface area contributed by atoms with Crippen LogP contribution in [0.5, 0.6) is 5.75 Å². The second-order valence-corrected chi connectivity index (χ2v) is 7.76. The molecule has 160 valence electrons. The second-order valence-electron chi connectivity index (χ2n) is 7.76. The summed E-state index contributed by atoms with van der Waals surface area (Å²) < 4.78 is 8.89. The van der Waals surface area contributed by atoms with Crippen LogP contribution < -0.4 is 10.3 Å². The lowest BCUT2D eigenvalue weighted by Gasteiger charge is -2.08. The normalized spacial score (nSPS) is 11.3. The number of aryl methyl sites for hydroxylation is 3. The number of nitrogens with zero attached hydrogens (tertiary/aromatic N) is 4. The quantitative estimate of drug-likeness (QED) is 0.485. The van der Waals surface area contributed by atoms with E-state index in [0.717, 1.165) is 28.0 Å². The minimum absolute atomic E-state index is 0.0511. The summed E-state index contributed by atoms with van der Waals surface area (Å²) in [6.07, 6.45) is 4.10. The number of aromatic amines is 1. The Bertz CT molecular complexity index is 1360. The van der Waals surface area contributed by atoms with Crippen molar-refractivity contribution >= 4 is 11.3 Å². The van der Waals surface area contributed by atoms with Crippen molar-refractivity contribution in [3.8, 4) is 17.1 Å². The number of rotatable bonds is 6. The van der Waals surface area contributed by atoms with Gasteiger partial charge in [0.15, 0.2) is 5.78 Å². The molecule has 0 aliphatic carbocycles. The number of hydrogen-bond acceptors (Lipinski definition) is 5. The largest absolute Gasteiger partial charge is 0.496 e. The zero-order chi connectivity index (χ0) is 22.3. The molecule has 31 heavy (non-hydrogen) atoms. The van der Waals surface area contributed by atoms with Crippen LogP contribution in [0.25, 0.3) is 16.9 Å². The highest BCUT2D eigenvalue weighted by Crippen LogP contribution is 2.32. The van der Waals surface area contributed by atoms with E-state index in [1.165, 1.54) is 7.11 Å². The van der Waals surface area contributed by atoms with Crippen molar-refractivity contribution in [1.29, 1.82) is 0 Å². The molecule has 4 rings (SSSR count). The van der Waals surface area contributed by atoms with Crippen LogP contribution in [0.4, 0.5) is 0 Å². The Kier molecular flexibility index (Phi) is 5.22. The van der Waals surface area contributed by atoms with Gasteiger partial charge in [-0.1, -0.05) is 0 Å². The van der Waals surface area contributed by atoms with Crippen molar-refractivity contribution in [3.63, 3.8) is 0 Å². The van der Waals surface area contributed by atoms with Crippen LogP contribution in [0.15, 0.2) is 35.4 Å². The molecule has 0 fully saturated rings. The topological polar surface area (TPSA) is 94.3 Å². The van der Waals surface area contributed by atoms with E-state index < -0.39 is 0 Å². The number of fused-ring (bicyclic) bond motifs is 1. The second kappa shape index (κ2) is 7.86. The van der Waals surface area contributed by atoms with Crippen molar-refractivity contribution in [2.24, 2.45) is 7.05 Å². The minimum Gasteiger partial charge on any atom is -0.496 e. The Hall–Kier alpha value is -3.68. The molecule has 8 nitrogen and oxygen atoms in total. The van der Waals surface area contributed by atoms with Crippen molar-refractivity contribution in [3.05, 3.63) is 68.9 Å². The number of carbonyl (C=O) groups is 1. The lowest BCUT2D eigenvalue weighted by Crippen LogP contribution is -2.16. The number of aromatic nitrogens is 5. The molecule has 4 aromatic heterocycles. The molecule has 0 aliphatic heterocycles. The standard InChI is InChI=1S/C23H25N5O3/c1-13-12-27(4)26-21(13)22-15(3)20(17-7-6-10-24-28(17)22)18(29)9-8-16-19(31-5)11-14(2)25-23(16)30/h6-7,10-12H,8-9H2,1-5H3,(H,25,30). The summed E-state index contributed by atoms with van der Waals surface area (Å²) in [5, 5.41) is 9.06. The molecule has 0 saturated heterocycles. The van der Waals surface area contributed by atoms with Gasteiger partial charge in [0, 0.05) is 37.1 Å². The number of hydrogen-bond donors (Lipinski definition) is 1. The van der Waals surface area contributed by atoms with Gasteiger partial charge in [0.05, 0.1) is 23.9 Å². The molecular formula is C23H25N5O3. The van der Waals surface area contributed by atoms with Crippen molar-refractivity contribution in [2.75, 3.05) is 7.11 Å². The highest BCUT2D eigenvalue weighted by molar-refractivity contribution is 6.06. The highest BCUT2D eigenvalue weighted by atomic mass is 16.5. The number of nitrogens with one attached hydrogen (secondary N) is 1. The van der Waals surface area contributed by atoms with Gasteiger partial charge in [0.2, 0.25) is 0 Å². The molecule has 0 bridgehead atoms. The summed E-state index contributed by atoms with van der Waals surface area (Å²) in [7, 11) is 3.39. The van der Waals surface area contributed by atoms with E-state index in [0.29, 0.717) is 22.6 Å². The fourth-order valence-electron chi connectivity index (χ4n) is 4.15. The molecule has 1 N–H and O–H groups in total. The molecule has 0 spiro atoms. The number of H-pyrrole nitrogens is 1. The molecule has 0 radical (unpaired) electrons. The average Bonchev–Trinajstić information content (AvgIpc) is 3.20. The molecule has 0 amide bonds. The first-order chi connectivity index (χ1) is 14.8. The van der Waals surface area contributed by atoms with Crippen LogP contribution in [-0.2, 0) is 13.5 Å². The zero-order valence-corrected chi connectivity index (χ0v) is 18.3. The number of Topliss-reactive ketones (excluding diaryl/α,β-unsaturated/α-hetero) is 1. The first-order valence-electron chi connectivity index (χ1n) is 10.1. The number of pyridine rings is 1. The predicted molar refractivity (Wildman–Crippen MR) is 118 cm³/mol. The van der Waals surface area contributed by atoms with Gasteiger partial charge in [0.25, 0.3) is 5.56 Å². The van der Waals surface area contributed by atoms with E-state index in [1.54, 1.807) is 28.4 Å². The lowest BCUT2D eigenvalue weighted by molar-refractivity contribution is 0.0983. The van der Waals surface area contributed by atoms with E-state index in [2.05, 4.69) is 15.2 Å². The van der Waals surface area contributed by atoms with Crippen LogP contribution in [0.1, 0.15) is 39.2 Å². The molecule has 0 unspecified atom stereocenters. The Balaban J connectivity index is 1.76. The lowest BCUT2D eigenvalue weighted by atomic mass is 9.99. The Morgan fingerprint density at radius 3 is 2.71 bits per heavy atom. The summed E-state index contributed by atoms with van der Waals surface area (Å²) in [6, 6.07) is 5.47. The summed E-state index contributed by atoms with van der Waals surface area (Å²) >= 11 is 0. The van der Waals surface area contributed by atoms with Crippen LogP contribution >= 0.6 is 0 Å². The molecule has 0 aromatic carbocycles. The number of ketones is 1.